The van der Waals surface area contributed by atoms with E-state index in [1.807, 2.05) is 62.4 Å². The summed E-state index contributed by atoms with van der Waals surface area (Å²) in [4.78, 5) is 28.4. The number of nitrogens with one attached hydrogen (secondary N) is 1. The van der Waals surface area contributed by atoms with Gasteiger partial charge in [-0.2, -0.15) is 10.1 Å². The average molecular weight is 334 g/mol. The van der Waals surface area contributed by atoms with Crippen LogP contribution in [0.2, 0.25) is 0 Å². The van der Waals surface area contributed by atoms with Gasteiger partial charge >= 0.3 is 5.69 Å². The van der Waals surface area contributed by atoms with Gasteiger partial charge < -0.3 is 5.32 Å². The number of carbonyl (C=O) groups excluding carboxylic acids is 1. The summed E-state index contributed by atoms with van der Waals surface area (Å²) in [6.45, 7) is 3.65. The Morgan fingerprint density at radius 3 is 2.36 bits per heavy atom. The number of carbonyl (C=O) groups is 1. The van der Waals surface area contributed by atoms with Gasteiger partial charge in [0.1, 0.15) is 6.54 Å². The molecule has 0 unspecified atom stereocenters. The molecule has 0 atom stereocenters. The fraction of sp³-hybridized carbons (Fsp3) is 0.158. The minimum Gasteiger partial charge on any atom is -0.324 e. The molecule has 1 heterocycles. The standard InChI is InChI=1S/C19H18N4O2/c1-13-7-6-8-14(2)18(13)22-17(24)12-23-19(25)21-16(11-20-23)15-9-4-3-5-10-15/h3-11H,12H2,1-2H3,(H,22,24). The molecule has 3 aromatic rings. The molecule has 2 aromatic carbocycles. The molecule has 1 N–H and O–H groups in total. The molecule has 3 rings (SSSR count). The molecule has 6 heteroatoms. The normalized spacial score (nSPS) is 10.5. The van der Waals surface area contributed by atoms with Crippen LogP contribution in [0.15, 0.2) is 59.5 Å². The molecule has 0 aliphatic carbocycles. The van der Waals surface area contributed by atoms with Crippen LogP contribution in [0.1, 0.15) is 11.1 Å². The van der Waals surface area contributed by atoms with Gasteiger partial charge in [0, 0.05) is 11.3 Å². The Balaban J connectivity index is 1.77. The van der Waals surface area contributed by atoms with Gasteiger partial charge in [0.15, 0.2) is 0 Å². The Morgan fingerprint density at radius 1 is 1.04 bits per heavy atom. The van der Waals surface area contributed by atoms with Gasteiger partial charge in [-0.05, 0) is 25.0 Å². The molecule has 0 radical (unpaired) electrons. The first-order valence-electron chi connectivity index (χ1n) is 7.90. The summed E-state index contributed by atoms with van der Waals surface area (Å²) in [5.74, 6) is -0.318. The lowest BCUT2D eigenvalue weighted by molar-refractivity contribution is -0.117. The number of rotatable bonds is 4. The second kappa shape index (κ2) is 7.09. The van der Waals surface area contributed by atoms with E-state index in [1.54, 1.807) is 0 Å². The first kappa shape index (κ1) is 16.6. The zero-order valence-corrected chi connectivity index (χ0v) is 14.1. The quantitative estimate of drug-likeness (QED) is 0.795. The number of benzene rings is 2. The van der Waals surface area contributed by atoms with Gasteiger partial charge in [0.2, 0.25) is 5.91 Å². The van der Waals surface area contributed by atoms with E-state index in [4.69, 9.17) is 0 Å². The van der Waals surface area contributed by atoms with Gasteiger partial charge in [-0.25, -0.2) is 9.48 Å². The monoisotopic (exact) mass is 334 g/mol. The van der Waals surface area contributed by atoms with E-state index in [0.29, 0.717) is 5.69 Å². The van der Waals surface area contributed by atoms with E-state index < -0.39 is 5.69 Å². The molecule has 1 amide bonds. The van der Waals surface area contributed by atoms with E-state index in [1.165, 1.54) is 6.20 Å². The molecule has 0 bridgehead atoms. The molecule has 0 spiro atoms. The Kier molecular flexibility index (Phi) is 4.70. The maximum absolute atomic E-state index is 12.3. The number of aryl methyl sites for hydroxylation is 2. The van der Waals surface area contributed by atoms with Crippen molar-refractivity contribution in [1.29, 1.82) is 0 Å². The maximum Gasteiger partial charge on any atom is 0.365 e. The molecule has 25 heavy (non-hydrogen) atoms. The zero-order valence-electron chi connectivity index (χ0n) is 14.1. The van der Waals surface area contributed by atoms with Crippen molar-refractivity contribution in [2.45, 2.75) is 20.4 Å². The molecule has 126 valence electrons. The number of aromatic nitrogens is 3. The van der Waals surface area contributed by atoms with Crippen LogP contribution in [0.5, 0.6) is 0 Å². The van der Waals surface area contributed by atoms with Crippen LogP contribution in [0.25, 0.3) is 11.3 Å². The summed E-state index contributed by atoms with van der Waals surface area (Å²) in [5.41, 5.74) is 3.42. The van der Waals surface area contributed by atoms with Crippen molar-refractivity contribution in [1.82, 2.24) is 14.8 Å². The van der Waals surface area contributed by atoms with Crippen LogP contribution in [-0.2, 0) is 11.3 Å². The number of amides is 1. The van der Waals surface area contributed by atoms with Gasteiger partial charge in [-0.15, -0.1) is 0 Å². The van der Waals surface area contributed by atoms with Gasteiger partial charge in [0.25, 0.3) is 0 Å². The molecular formula is C19H18N4O2. The van der Waals surface area contributed by atoms with E-state index in [0.717, 1.165) is 27.1 Å². The third-order valence-corrected chi connectivity index (χ3v) is 3.86. The SMILES string of the molecule is Cc1cccc(C)c1NC(=O)Cn1ncc(-c2ccccc2)nc1=O. The molecular weight excluding hydrogens is 316 g/mol. The van der Waals surface area contributed by atoms with Crippen molar-refractivity contribution in [2.75, 3.05) is 5.32 Å². The topological polar surface area (TPSA) is 76.9 Å². The fourth-order valence-electron chi connectivity index (χ4n) is 2.55. The summed E-state index contributed by atoms with van der Waals surface area (Å²) in [6, 6.07) is 15.1. The van der Waals surface area contributed by atoms with Gasteiger partial charge in [-0.3, -0.25) is 4.79 Å². The number of hydrogen-bond acceptors (Lipinski definition) is 4. The number of nitrogens with zero attached hydrogens (tertiary/aromatic N) is 3. The highest BCUT2D eigenvalue weighted by molar-refractivity contribution is 5.92. The molecule has 6 nitrogen and oxygen atoms in total. The average Bonchev–Trinajstić information content (AvgIpc) is 2.61. The van der Waals surface area contributed by atoms with E-state index >= 15 is 0 Å². The Bertz CT molecular complexity index is 944. The molecule has 0 fully saturated rings. The fourth-order valence-corrected chi connectivity index (χ4v) is 2.55. The lowest BCUT2D eigenvalue weighted by Crippen LogP contribution is -2.31. The maximum atomic E-state index is 12.3. The van der Waals surface area contributed by atoms with Crippen LogP contribution >= 0.6 is 0 Å². The predicted molar refractivity (Wildman–Crippen MR) is 96.3 cm³/mol. The lowest BCUT2D eigenvalue weighted by atomic mass is 10.1. The highest BCUT2D eigenvalue weighted by Crippen LogP contribution is 2.19. The van der Waals surface area contributed by atoms with Crippen molar-refractivity contribution in [3.63, 3.8) is 0 Å². The Labute approximate surface area is 145 Å². The minimum absolute atomic E-state index is 0.186. The summed E-state index contributed by atoms with van der Waals surface area (Å²) in [6.07, 6.45) is 1.49. The third kappa shape index (κ3) is 3.80. The van der Waals surface area contributed by atoms with Gasteiger partial charge in [-0.1, -0.05) is 48.5 Å². The van der Waals surface area contributed by atoms with Crippen LogP contribution in [0.3, 0.4) is 0 Å². The summed E-state index contributed by atoms with van der Waals surface area (Å²) in [7, 11) is 0. The molecule has 1 aromatic heterocycles. The summed E-state index contributed by atoms with van der Waals surface area (Å²) in [5, 5.41) is 6.90. The van der Waals surface area contributed by atoms with Crippen molar-refractivity contribution < 1.29 is 4.79 Å². The highest BCUT2D eigenvalue weighted by atomic mass is 16.2. The first-order valence-corrected chi connectivity index (χ1v) is 7.90. The van der Waals surface area contributed by atoms with Crippen molar-refractivity contribution >= 4 is 11.6 Å². The molecule has 0 saturated heterocycles. The minimum atomic E-state index is -0.557. The summed E-state index contributed by atoms with van der Waals surface area (Å²) >= 11 is 0. The largest absolute Gasteiger partial charge is 0.365 e. The molecule has 0 saturated carbocycles. The van der Waals surface area contributed by atoms with E-state index in [2.05, 4.69) is 15.4 Å². The molecule has 0 aliphatic rings. The van der Waals surface area contributed by atoms with E-state index in [-0.39, 0.29) is 12.5 Å². The number of hydrogen-bond donors (Lipinski definition) is 1. The Hall–Kier alpha value is -3.28. The van der Waals surface area contributed by atoms with Crippen LogP contribution in [-0.4, -0.2) is 20.7 Å². The second-order valence-electron chi connectivity index (χ2n) is 5.76. The smallest absolute Gasteiger partial charge is 0.324 e. The highest BCUT2D eigenvalue weighted by Gasteiger charge is 2.11. The van der Waals surface area contributed by atoms with Gasteiger partial charge in [0.05, 0.1) is 11.9 Å². The number of para-hydroxylation sites is 1. The summed E-state index contributed by atoms with van der Waals surface area (Å²) < 4.78 is 1.05. The third-order valence-electron chi connectivity index (χ3n) is 3.86. The van der Waals surface area contributed by atoms with Crippen molar-refractivity contribution in [2.24, 2.45) is 0 Å². The lowest BCUT2D eigenvalue weighted by Gasteiger charge is -2.11. The zero-order chi connectivity index (χ0) is 17.8. The number of anilines is 1. The molecule has 0 aliphatic heterocycles. The van der Waals surface area contributed by atoms with Crippen LogP contribution in [0, 0.1) is 13.8 Å². The van der Waals surface area contributed by atoms with E-state index in [9.17, 15) is 9.59 Å². The Morgan fingerprint density at radius 2 is 1.72 bits per heavy atom. The predicted octanol–water partition coefficient (Wildman–Crippen LogP) is 2.56. The van der Waals surface area contributed by atoms with Crippen molar-refractivity contribution in [3.8, 4) is 11.3 Å². The second-order valence-corrected chi connectivity index (χ2v) is 5.76. The van der Waals surface area contributed by atoms with Crippen LogP contribution < -0.4 is 11.0 Å². The first-order chi connectivity index (χ1) is 12.0. The van der Waals surface area contributed by atoms with Crippen LogP contribution in [0.4, 0.5) is 5.69 Å². The van der Waals surface area contributed by atoms with Crippen molar-refractivity contribution in [3.05, 3.63) is 76.3 Å².